The highest BCUT2D eigenvalue weighted by Gasteiger charge is 2.14. The van der Waals surface area contributed by atoms with E-state index in [4.69, 9.17) is 0 Å². The van der Waals surface area contributed by atoms with Crippen LogP contribution in [0.15, 0.2) is 109 Å². The molecule has 0 saturated carbocycles. The molecule has 0 saturated heterocycles. The zero-order valence-corrected chi connectivity index (χ0v) is 15.4. The Kier molecular flexibility index (Phi) is 5.19. The van der Waals surface area contributed by atoms with E-state index in [-0.39, 0.29) is 0 Å². The van der Waals surface area contributed by atoms with Crippen molar-refractivity contribution in [2.24, 2.45) is 0 Å². The van der Waals surface area contributed by atoms with Gasteiger partial charge in [-0.3, -0.25) is 4.98 Å². The number of benzene rings is 3. The summed E-state index contributed by atoms with van der Waals surface area (Å²) < 4.78 is 0. The van der Waals surface area contributed by atoms with Gasteiger partial charge in [0.2, 0.25) is 0 Å². The second-order valence-electron chi connectivity index (χ2n) is 6.17. The minimum atomic E-state index is -0.429. The Morgan fingerprint density at radius 1 is 0.615 bits per heavy atom. The van der Waals surface area contributed by atoms with Crippen molar-refractivity contribution in [2.75, 3.05) is 0 Å². The van der Waals surface area contributed by atoms with Gasteiger partial charge in [0, 0.05) is 17.9 Å². The topological polar surface area (TPSA) is 12.9 Å². The number of nitrogens with zero attached hydrogens (tertiary/aromatic N) is 1. The van der Waals surface area contributed by atoms with Gasteiger partial charge in [-0.15, -0.1) is 0 Å². The summed E-state index contributed by atoms with van der Waals surface area (Å²) in [4.78, 5) is 4.49. The first kappa shape index (κ1) is 16.7. The largest absolute Gasteiger partial charge is 0.256 e. The maximum absolute atomic E-state index is 4.49. The number of rotatable bonds is 5. The fraction of sp³-hybridized carbons (Fsp3) is 0.0417. The molecule has 0 radical (unpaired) electrons. The van der Waals surface area contributed by atoms with Gasteiger partial charge in [-0.1, -0.05) is 84.9 Å². The Hall–Kier alpha value is -2.76. The fourth-order valence-electron chi connectivity index (χ4n) is 3.09. The molecule has 0 bridgehead atoms. The van der Waals surface area contributed by atoms with Crippen LogP contribution < -0.4 is 10.6 Å². The summed E-state index contributed by atoms with van der Waals surface area (Å²) in [6.45, 7) is 0. The third-order valence-electron chi connectivity index (χ3n) is 4.36. The Balaban J connectivity index is 1.69. The lowest BCUT2D eigenvalue weighted by Crippen LogP contribution is -2.12. The maximum Gasteiger partial charge on any atom is 0.0702 e. The van der Waals surface area contributed by atoms with Crippen molar-refractivity contribution in [3.8, 4) is 11.3 Å². The molecule has 0 spiro atoms. The lowest BCUT2D eigenvalue weighted by molar-refractivity contribution is 1.31. The Labute approximate surface area is 156 Å². The molecule has 0 fully saturated rings. The average molecular weight is 353 g/mol. The van der Waals surface area contributed by atoms with Crippen LogP contribution in [0.1, 0.15) is 5.56 Å². The molecule has 0 atom stereocenters. The van der Waals surface area contributed by atoms with E-state index in [1.165, 1.54) is 21.7 Å². The predicted octanol–water partition coefficient (Wildman–Crippen LogP) is 5.38. The van der Waals surface area contributed by atoms with E-state index in [0.29, 0.717) is 0 Å². The molecule has 126 valence electrons. The molecule has 3 aromatic carbocycles. The third kappa shape index (κ3) is 3.90. The molecular formula is C24H20NP. The van der Waals surface area contributed by atoms with Gasteiger partial charge in [-0.25, -0.2) is 0 Å². The Morgan fingerprint density at radius 2 is 1.27 bits per heavy atom. The van der Waals surface area contributed by atoms with Gasteiger partial charge in [-0.05, 0) is 42.3 Å². The quantitative estimate of drug-likeness (QED) is 0.439. The monoisotopic (exact) mass is 353 g/mol. The van der Waals surface area contributed by atoms with Gasteiger partial charge < -0.3 is 0 Å². The van der Waals surface area contributed by atoms with E-state index in [1.54, 1.807) is 0 Å². The minimum absolute atomic E-state index is 0.429. The summed E-state index contributed by atoms with van der Waals surface area (Å²) in [6.07, 6.45) is 2.88. The van der Waals surface area contributed by atoms with Crippen LogP contribution in [0.3, 0.4) is 0 Å². The molecule has 4 aromatic rings. The second-order valence-corrected chi connectivity index (χ2v) is 8.38. The standard InChI is InChI=1S/C24H20NP/c1-3-12-22(13-4-1)26(23-14-5-2-6-15-23)19-20-10-9-11-21(18-20)24-16-7-8-17-25-24/h1-18H,19H2. The minimum Gasteiger partial charge on any atom is -0.256 e. The van der Waals surface area contributed by atoms with Gasteiger partial charge in [0.1, 0.15) is 0 Å². The fourth-order valence-corrected chi connectivity index (χ4v) is 5.38. The predicted molar refractivity (Wildman–Crippen MR) is 112 cm³/mol. The van der Waals surface area contributed by atoms with Gasteiger partial charge in [-0.2, -0.15) is 0 Å². The molecule has 1 heterocycles. The van der Waals surface area contributed by atoms with Crippen LogP contribution in [-0.4, -0.2) is 4.98 Å². The summed E-state index contributed by atoms with van der Waals surface area (Å²) in [5.74, 6) is 0. The number of hydrogen-bond donors (Lipinski definition) is 0. The third-order valence-corrected chi connectivity index (χ3v) is 6.89. The van der Waals surface area contributed by atoms with Crippen molar-refractivity contribution in [2.45, 2.75) is 6.16 Å². The van der Waals surface area contributed by atoms with Crippen LogP contribution >= 0.6 is 7.92 Å². The van der Waals surface area contributed by atoms with Crippen molar-refractivity contribution in [1.82, 2.24) is 4.98 Å². The van der Waals surface area contributed by atoms with Crippen molar-refractivity contribution in [3.05, 3.63) is 115 Å². The molecule has 0 aliphatic heterocycles. The van der Waals surface area contributed by atoms with E-state index in [0.717, 1.165) is 11.9 Å². The first-order valence-corrected chi connectivity index (χ1v) is 10.3. The number of pyridine rings is 1. The van der Waals surface area contributed by atoms with Crippen LogP contribution in [0.2, 0.25) is 0 Å². The van der Waals surface area contributed by atoms with Gasteiger partial charge in [0.05, 0.1) is 5.69 Å². The molecule has 2 heteroatoms. The SMILES string of the molecule is c1ccc(P(Cc2cccc(-c3ccccn3)c2)c2ccccc2)cc1. The summed E-state index contributed by atoms with van der Waals surface area (Å²) in [7, 11) is -0.429. The zero-order chi connectivity index (χ0) is 17.6. The normalized spacial score (nSPS) is 10.8. The average Bonchev–Trinajstić information content (AvgIpc) is 2.74. The van der Waals surface area contributed by atoms with E-state index < -0.39 is 7.92 Å². The van der Waals surface area contributed by atoms with Crippen LogP contribution in [0.5, 0.6) is 0 Å². The Morgan fingerprint density at radius 3 is 1.88 bits per heavy atom. The summed E-state index contributed by atoms with van der Waals surface area (Å²) >= 11 is 0. The Bertz CT molecular complexity index is 913. The molecule has 0 N–H and O–H groups in total. The molecule has 0 aliphatic rings. The molecule has 0 aliphatic carbocycles. The number of hydrogen-bond acceptors (Lipinski definition) is 1. The molecule has 0 unspecified atom stereocenters. The van der Waals surface area contributed by atoms with Crippen molar-refractivity contribution >= 4 is 18.5 Å². The van der Waals surface area contributed by atoms with E-state index in [1.807, 2.05) is 18.3 Å². The smallest absolute Gasteiger partial charge is 0.0702 e. The van der Waals surface area contributed by atoms with Crippen LogP contribution in [0.25, 0.3) is 11.3 Å². The lowest BCUT2D eigenvalue weighted by Gasteiger charge is -2.19. The van der Waals surface area contributed by atoms with Crippen LogP contribution in [0.4, 0.5) is 0 Å². The van der Waals surface area contributed by atoms with Crippen molar-refractivity contribution in [1.29, 1.82) is 0 Å². The molecule has 26 heavy (non-hydrogen) atoms. The highest BCUT2D eigenvalue weighted by atomic mass is 31.1. The number of aromatic nitrogens is 1. The molecule has 1 nitrogen and oxygen atoms in total. The van der Waals surface area contributed by atoms with Crippen molar-refractivity contribution < 1.29 is 0 Å². The maximum atomic E-state index is 4.49. The molecule has 0 amide bonds. The molecular weight excluding hydrogens is 333 g/mol. The molecule has 4 rings (SSSR count). The van der Waals surface area contributed by atoms with E-state index in [9.17, 15) is 0 Å². The summed E-state index contributed by atoms with van der Waals surface area (Å²) in [5, 5.41) is 2.83. The van der Waals surface area contributed by atoms with Gasteiger partial charge in [0.25, 0.3) is 0 Å². The van der Waals surface area contributed by atoms with Crippen LogP contribution in [-0.2, 0) is 6.16 Å². The second kappa shape index (κ2) is 8.08. The zero-order valence-electron chi connectivity index (χ0n) is 14.5. The first-order chi connectivity index (χ1) is 12.9. The first-order valence-electron chi connectivity index (χ1n) is 8.78. The summed E-state index contributed by atoms with van der Waals surface area (Å²) in [5.41, 5.74) is 3.56. The molecule has 1 aromatic heterocycles. The lowest BCUT2D eigenvalue weighted by atomic mass is 10.1. The summed E-state index contributed by atoms with van der Waals surface area (Å²) in [6, 6.07) is 36.6. The highest BCUT2D eigenvalue weighted by molar-refractivity contribution is 7.72. The van der Waals surface area contributed by atoms with Crippen molar-refractivity contribution in [3.63, 3.8) is 0 Å². The van der Waals surface area contributed by atoms with Gasteiger partial charge in [0.15, 0.2) is 0 Å². The highest BCUT2D eigenvalue weighted by Crippen LogP contribution is 2.38. The van der Waals surface area contributed by atoms with E-state index >= 15 is 0 Å². The van der Waals surface area contributed by atoms with E-state index in [2.05, 4.69) is 96.0 Å². The van der Waals surface area contributed by atoms with Gasteiger partial charge >= 0.3 is 0 Å². The van der Waals surface area contributed by atoms with Crippen LogP contribution in [0, 0.1) is 0 Å².